The van der Waals surface area contributed by atoms with Crippen molar-refractivity contribution in [3.8, 4) is 16.5 Å². The number of aromatic nitrogens is 2. The molecule has 3 rings (SSSR count). The molecule has 0 bridgehead atoms. The lowest BCUT2D eigenvalue weighted by Crippen LogP contribution is -2.50. The van der Waals surface area contributed by atoms with E-state index in [4.69, 9.17) is 5.73 Å². The van der Waals surface area contributed by atoms with E-state index in [1.807, 2.05) is 11.5 Å². The first-order valence-electron chi connectivity index (χ1n) is 6.45. The molecule has 2 aromatic rings. The second-order valence-corrected chi connectivity index (χ2v) is 5.40. The highest BCUT2D eigenvalue weighted by Gasteiger charge is 2.19. The van der Waals surface area contributed by atoms with Crippen LogP contribution >= 0.6 is 11.3 Å². The molecule has 110 valence electrons. The minimum Gasteiger partial charge on any atom is -0.506 e. The Kier molecular flexibility index (Phi) is 3.74. The smallest absolute Gasteiger partial charge is 0.148 e. The van der Waals surface area contributed by atoms with Crippen LogP contribution in [0.25, 0.3) is 10.7 Å². The number of rotatable bonds is 3. The number of nitrogens with zero attached hydrogens (tertiary/aromatic N) is 2. The molecule has 1 aliphatic heterocycles. The molecule has 3 heterocycles. The predicted molar refractivity (Wildman–Crippen MR) is 82.7 cm³/mol. The van der Waals surface area contributed by atoms with E-state index in [2.05, 4.69) is 25.9 Å². The van der Waals surface area contributed by atoms with Gasteiger partial charge in [-0.15, -0.1) is 11.3 Å². The molecule has 0 fully saturated rings. The van der Waals surface area contributed by atoms with E-state index < -0.39 is 0 Å². The van der Waals surface area contributed by atoms with Crippen molar-refractivity contribution < 1.29 is 5.11 Å². The minimum atomic E-state index is -0.324. The van der Waals surface area contributed by atoms with Crippen LogP contribution < -0.4 is 21.7 Å². The SMILES string of the molecule is CNc1csc(-c2nc(C3C=CNC(N)N3)ccc2O)n1. The third-order valence-electron chi connectivity index (χ3n) is 3.10. The fourth-order valence-corrected chi connectivity index (χ4v) is 2.84. The van der Waals surface area contributed by atoms with Gasteiger partial charge in [0.15, 0.2) is 0 Å². The van der Waals surface area contributed by atoms with Gasteiger partial charge in [0, 0.05) is 12.4 Å². The van der Waals surface area contributed by atoms with Gasteiger partial charge in [-0.1, -0.05) is 0 Å². The summed E-state index contributed by atoms with van der Waals surface area (Å²) < 4.78 is 0. The molecule has 2 atom stereocenters. The van der Waals surface area contributed by atoms with E-state index in [1.165, 1.54) is 11.3 Å². The van der Waals surface area contributed by atoms with Crippen molar-refractivity contribution >= 4 is 17.2 Å². The second-order valence-electron chi connectivity index (χ2n) is 4.54. The summed E-state index contributed by atoms with van der Waals surface area (Å²) in [5.41, 5.74) is 7.04. The van der Waals surface area contributed by atoms with Crippen molar-refractivity contribution in [2.24, 2.45) is 5.73 Å². The molecule has 7 nitrogen and oxygen atoms in total. The summed E-state index contributed by atoms with van der Waals surface area (Å²) in [5.74, 6) is 0.862. The zero-order chi connectivity index (χ0) is 14.8. The van der Waals surface area contributed by atoms with Crippen molar-refractivity contribution in [1.82, 2.24) is 20.6 Å². The lowest BCUT2D eigenvalue weighted by molar-refractivity contribution is 0.424. The van der Waals surface area contributed by atoms with Gasteiger partial charge in [0.25, 0.3) is 0 Å². The summed E-state index contributed by atoms with van der Waals surface area (Å²) in [6.45, 7) is 0. The van der Waals surface area contributed by atoms with Gasteiger partial charge in [0.1, 0.15) is 28.6 Å². The first kappa shape index (κ1) is 13.8. The molecule has 0 radical (unpaired) electrons. The predicted octanol–water partition coefficient (Wildman–Crippen LogP) is 0.942. The highest BCUT2D eigenvalue weighted by molar-refractivity contribution is 7.13. The van der Waals surface area contributed by atoms with Crippen LogP contribution in [0.4, 0.5) is 5.82 Å². The monoisotopic (exact) mass is 304 g/mol. The molecular weight excluding hydrogens is 288 g/mol. The highest BCUT2D eigenvalue weighted by Crippen LogP contribution is 2.32. The molecule has 0 saturated heterocycles. The van der Waals surface area contributed by atoms with Crippen molar-refractivity contribution in [3.63, 3.8) is 0 Å². The van der Waals surface area contributed by atoms with E-state index in [1.54, 1.807) is 25.4 Å². The van der Waals surface area contributed by atoms with Gasteiger partial charge >= 0.3 is 0 Å². The molecule has 6 N–H and O–H groups in total. The van der Waals surface area contributed by atoms with Gasteiger partial charge in [-0.05, 0) is 24.4 Å². The summed E-state index contributed by atoms with van der Waals surface area (Å²) in [6.07, 6.45) is 3.39. The molecule has 2 unspecified atom stereocenters. The molecule has 21 heavy (non-hydrogen) atoms. The van der Waals surface area contributed by atoms with Gasteiger partial charge < -0.3 is 15.7 Å². The zero-order valence-corrected chi connectivity index (χ0v) is 12.2. The van der Waals surface area contributed by atoms with Crippen LogP contribution in [0.2, 0.25) is 0 Å². The molecule has 1 aliphatic rings. The van der Waals surface area contributed by atoms with Crippen LogP contribution in [0.1, 0.15) is 11.7 Å². The van der Waals surface area contributed by atoms with Gasteiger partial charge in [-0.25, -0.2) is 9.97 Å². The first-order valence-corrected chi connectivity index (χ1v) is 7.33. The fourth-order valence-electron chi connectivity index (χ4n) is 2.03. The standard InChI is InChI=1S/C13H16N6OS/c1-15-10-6-21-12(19-10)11-9(20)3-2-7(17-11)8-4-5-16-13(14)18-8/h2-6,8,13,15-16,18,20H,14H2,1H3. The summed E-state index contributed by atoms with van der Waals surface area (Å²) in [7, 11) is 1.80. The van der Waals surface area contributed by atoms with E-state index in [-0.39, 0.29) is 18.1 Å². The maximum Gasteiger partial charge on any atom is 0.148 e. The second kappa shape index (κ2) is 5.68. The lowest BCUT2D eigenvalue weighted by Gasteiger charge is -2.25. The fraction of sp³-hybridized carbons (Fsp3) is 0.231. The highest BCUT2D eigenvalue weighted by atomic mass is 32.1. The number of anilines is 1. The minimum absolute atomic E-state index is 0.107. The summed E-state index contributed by atoms with van der Waals surface area (Å²) in [4.78, 5) is 8.89. The number of hydrogen-bond acceptors (Lipinski definition) is 8. The number of nitrogens with two attached hydrogens (primary N) is 1. The Bertz CT molecular complexity index is 670. The van der Waals surface area contributed by atoms with Crippen LogP contribution in [0.15, 0.2) is 29.8 Å². The Balaban J connectivity index is 1.96. The molecule has 0 aromatic carbocycles. The normalized spacial score (nSPS) is 21.0. The zero-order valence-electron chi connectivity index (χ0n) is 11.4. The van der Waals surface area contributed by atoms with Crippen LogP contribution in [0, 0.1) is 0 Å². The van der Waals surface area contributed by atoms with Crippen LogP contribution in [-0.2, 0) is 0 Å². The molecule has 0 saturated carbocycles. The van der Waals surface area contributed by atoms with E-state index >= 15 is 0 Å². The Morgan fingerprint density at radius 2 is 2.24 bits per heavy atom. The van der Waals surface area contributed by atoms with E-state index in [0.717, 1.165) is 11.5 Å². The number of nitrogens with one attached hydrogen (secondary N) is 3. The lowest BCUT2D eigenvalue weighted by atomic mass is 10.1. The summed E-state index contributed by atoms with van der Waals surface area (Å²) in [6, 6.07) is 3.29. The Morgan fingerprint density at radius 1 is 1.38 bits per heavy atom. The van der Waals surface area contributed by atoms with Crippen LogP contribution in [0.3, 0.4) is 0 Å². The summed E-state index contributed by atoms with van der Waals surface area (Å²) in [5, 5.41) is 21.6. The van der Waals surface area contributed by atoms with E-state index in [0.29, 0.717) is 10.7 Å². The molecule has 0 spiro atoms. The summed E-state index contributed by atoms with van der Waals surface area (Å²) >= 11 is 1.43. The number of thiazole rings is 1. The van der Waals surface area contributed by atoms with Crippen molar-refractivity contribution in [2.45, 2.75) is 12.3 Å². The number of aromatic hydroxyl groups is 1. The molecule has 0 amide bonds. The first-order chi connectivity index (χ1) is 10.2. The van der Waals surface area contributed by atoms with Crippen LogP contribution in [0.5, 0.6) is 5.75 Å². The van der Waals surface area contributed by atoms with Crippen molar-refractivity contribution in [3.05, 3.63) is 35.5 Å². The van der Waals surface area contributed by atoms with Crippen molar-refractivity contribution in [2.75, 3.05) is 12.4 Å². The largest absolute Gasteiger partial charge is 0.506 e. The maximum atomic E-state index is 10.0. The van der Waals surface area contributed by atoms with Crippen LogP contribution in [-0.4, -0.2) is 28.4 Å². The Morgan fingerprint density at radius 3 is 2.95 bits per heavy atom. The maximum absolute atomic E-state index is 10.0. The average Bonchev–Trinajstić information content (AvgIpc) is 2.96. The molecule has 0 aliphatic carbocycles. The third-order valence-corrected chi connectivity index (χ3v) is 3.95. The Labute approximate surface area is 125 Å². The molecular formula is C13H16N6OS. The van der Waals surface area contributed by atoms with Gasteiger partial charge in [0.05, 0.1) is 11.7 Å². The quantitative estimate of drug-likeness (QED) is 0.574. The van der Waals surface area contributed by atoms with Crippen molar-refractivity contribution in [1.29, 1.82) is 0 Å². The topological polar surface area (TPSA) is 108 Å². The molecule has 8 heteroatoms. The number of hydrogen-bond donors (Lipinski definition) is 5. The number of pyridine rings is 1. The average molecular weight is 304 g/mol. The van der Waals surface area contributed by atoms with Gasteiger partial charge in [-0.3, -0.25) is 11.1 Å². The molecule has 2 aromatic heterocycles. The third kappa shape index (κ3) is 2.82. The Hall–Kier alpha value is -2.16. The van der Waals surface area contributed by atoms with Gasteiger partial charge in [0.2, 0.25) is 0 Å². The van der Waals surface area contributed by atoms with Gasteiger partial charge in [-0.2, -0.15) is 0 Å². The van der Waals surface area contributed by atoms with E-state index in [9.17, 15) is 5.11 Å².